The molecule has 1 heterocycles. The lowest BCUT2D eigenvalue weighted by molar-refractivity contribution is -0.147. The second-order valence-corrected chi connectivity index (χ2v) is 5.01. The topological polar surface area (TPSA) is 49.8 Å². The fourth-order valence-corrected chi connectivity index (χ4v) is 1.70. The van der Waals surface area contributed by atoms with Crippen LogP contribution in [0.15, 0.2) is 0 Å². The van der Waals surface area contributed by atoms with Crippen LogP contribution in [0.2, 0.25) is 0 Å². The Morgan fingerprint density at radius 2 is 2.20 bits per heavy atom. The Balaban J connectivity index is 2.52. The predicted molar refractivity (Wildman–Crippen MR) is 57.5 cm³/mol. The van der Waals surface area contributed by atoms with E-state index in [9.17, 15) is 4.79 Å². The summed E-state index contributed by atoms with van der Waals surface area (Å²) in [6.45, 7) is 7.73. The van der Waals surface area contributed by atoms with Gasteiger partial charge in [0.1, 0.15) is 0 Å². The highest BCUT2D eigenvalue weighted by Crippen LogP contribution is 2.20. The molecule has 0 spiro atoms. The molecule has 1 atom stereocenters. The smallest absolute Gasteiger partial charge is 0.228 e. The van der Waals surface area contributed by atoms with Crippen molar-refractivity contribution >= 4 is 5.91 Å². The molecule has 0 aliphatic carbocycles. The lowest BCUT2D eigenvalue weighted by Gasteiger charge is -2.36. The molecule has 1 saturated heterocycles. The molecule has 4 heteroatoms. The zero-order valence-electron chi connectivity index (χ0n) is 9.82. The number of morpholine rings is 1. The monoisotopic (exact) mass is 215 g/mol. The van der Waals surface area contributed by atoms with Gasteiger partial charge in [-0.25, -0.2) is 0 Å². The van der Waals surface area contributed by atoms with E-state index in [-0.39, 0.29) is 24.0 Å². The molecule has 0 aromatic carbocycles. The zero-order chi connectivity index (χ0) is 11.5. The van der Waals surface area contributed by atoms with E-state index in [1.807, 2.05) is 25.7 Å². The van der Waals surface area contributed by atoms with Gasteiger partial charge in [0.2, 0.25) is 5.91 Å². The van der Waals surface area contributed by atoms with Crippen LogP contribution in [0.4, 0.5) is 0 Å². The second kappa shape index (κ2) is 4.94. The summed E-state index contributed by atoms with van der Waals surface area (Å²) in [4.78, 5) is 13.8. The Morgan fingerprint density at radius 1 is 1.53 bits per heavy atom. The molecule has 1 N–H and O–H groups in total. The number of aliphatic hydroxyl groups is 1. The second-order valence-electron chi connectivity index (χ2n) is 5.01. The number of hydrogen-bond donors (Lipinski definition) is 1. The average Bonchev–Trinajstić information content (AvgIpc) is 2.16. The van der Waals surface area contributed by atoms with E-state index in [0.29, 0.717) is 26.1 Å². The number of rotatable bonds is 2. The summed E-state index contributed by atoms with van der Waals surface area (Å²) in [7, 11) is 0. The van der Waals surface area contributed by atoms with Crippen molar-refractivity contribution in [2.45, 2.75) is 33.3 Å². The SMILES string of the molecule is CC(C)(C)C(=O)N1CCOC(CCO)C1. The molecule has 0 radical (unpaired) electrons. The highest BCUT2D eigenvalue weighted by atomic mass is 16.5. The number of ether oxygens (including phenoxy) is 1. The molecule has 1 aliphatic heterocycles. The van der Waals surface area contributed by atoms with Crippen LogP contribution in [0.3, 0.4) is 0 Å². The highest BCUT2D eigenvalue weighted by molar-refractivity contribution is 5.81. The van der Waals surface area contributed by atoms with Crippen molar-refractivity contribution in [1.29, 1.82) is 0 Å². The number of amides is 1. The molecule has 88 valence electrons. The van der Waals surface area contributed by atoms with Gasteiger partial charge in [0, 0.05) is 25.1 Å². The molecular formula is C11H21NO3. The van der Waals surface area contributed by atoms with Crippen molar-refractivity contribution in [3.63, 3.8) is 0 Å². The Labute approximate surface area is 91.2 Å². The van der Waals surface area contributed by atoms with E-state index in [1.165, 1.54) is 0 Å². The summed E-state index contributed by atoms with van der Waals surface area (Å²) in [5.41, 5.74) is -0.332. The largest absolute Gasteiger partial charge is 0.396 e. The van der Waals surface area contributed by atoms with Crippen LogP contribution in [0, 0.1) is 5.41 Å². The van der Waals surface area contributed by atoms with Gasteiger partial charge in [-0.2, -0.15) is 0 Å². The first-order valence-corrected chi connectivity index (χ1v) is 5.47. The van der Waals surface area contributed by atoms with Gasteiger partial charge < -0.3 is 14.7 Å². The van der Waals surface area contributed by atoms with Gasteiger partial charge in [-0.1, -0.05) is 20.8 Å². The van der Waals surface area contributed by atoms with Crippen molar-refractivity contribution in [2.75, 3.05) is 26.3 Å². The Bertz CT molecular complexity index is 220. The molecular weight excluding hydrogens is 194 g/mol. The summed E-state index contributed by atoms with van der Waals surface area (Å²) in [6.07, 6.45) is 0.600. The first-order chi connectivity index (χ1) is 6.95. The van der Waals surface area contributed by atoms with Crippen molar-refractivity contribution in [3.8, 4) is 0 Å². The maximum absolute atomic E-state index is 12.0. The van der Waals surface area contributed by atoms with E-state index in [4.69, 9.17) is 9.84 Å². The lowest BCUT2D eigenvalue weighted by Crippen LogP contribution is -2.49. The number of carbonyl (C=O) groups excluding carboxylic acids is 1. The van der Waals surface area contributed by atoms with Crippen LogP contribution < -0.4 is 0 Å². The minimum Gasteiger partial charge on any atom is -0.396 e. The minimum atomic E-state index is -0.332. The third-order valence-electron chi connectivity index (χ3n) is 2.52. The van der Waals surface area contributed by atoms with Crippen molar-refractivity contribution < 1.29 is 14.6 Å². The molecule has 0 saturated carbocycles. The molecule has 0 aromatic heterocycles. The number of aliphatic hydroxyl groups excluding tert-OH is 1. The Hall–Kier alpha value is -0.610. The van der Waals surface area contributed by atoms with E-state index in [0.717, 1.165) is 0 Å². The van der Waals surface area contributed by atoms with Gasteiger partial charge in [0.25, 0.3) is 0 Å². The van der Waals surface area contributed by atoms with Crippen molar-refractivity contribution in [2.24, 2.45) is 5.41 Å². The van der Waals surface area contributed by atoms with Crippen molar-refractivity contribution in [1.82, 2.24) is 4.90 Å². The van der Waals surface area contributed by atoms with Crippen LogP contribution in [0.25, 0.3) is 0 Å². The first-order valence-electron chi connectivity index (χ1n) is 5.47. The third kappa shape index (κ3) is 3.47. The van der Waals surface area contributed by atoms with E-state index >= 15 is 0 Å². The molecule has 15 heavy (non-hydrogen) atoms. The Morgan fingerprint density at radius 3 is 2.73 bits per heavy atom. The van der Waals surface area contributed by atoms with Crippen LogP contribution >= 0.6 is 0 Å². The van der Waals surface area contributed by atoms with E-state index in [2.05, 4.69) is 0 Å². The van der Waals surface area contributed by atoms with Crippen LogP contribution in [0.5, 0.6) is 0 Å². The molecule has 0 aromatic rings. The molecule has 1 aliphatic rings. The van der Waals surface area contributed by atoms with Gasteiger partial charge in [-0.15, -0.1) is 0 Å². The molecule has 4 nitrogen and oxygen atoms in total. The average molecular weight is 215 g/mol. The number of nitrogens with zero attached hydrogens (tertiary/aromatic N) is 1. The first kappa shape index (κ1) is 12.5. The predicted octanol–water partition coefficient (Wildman–Crippen LogP) is 0.642. The summed E-state index contributed by atoms with van der Waals surface area (Å²) >= 11 is 0. The van der Waals surface area contributed by atoms with E-state index < -0.39 is 0 Å². The highest BCUT2D eigenvalue weighted by Gasteiger charge is 2.30. The maximum atomic E-state index is 12.0. The lowest BCUT2D eigenvalue weighted by atomic mass is 9.94. The summed E-state index contributed by atoms with van der Waals surface area (Å²) < 4.78 is 5.46. The number of carbonyl (C=O) groups is 1. The minimum absolute atomic E-state index is 0.00458. The van der Waals surface area contributed by atoms with Gasteiger partial charge in [-0.3, -0.25) is 4.79 Å². The van der Waals surface area contributed by atoms with Crippen LogP contribution in [-0.2, 0) is 9.53 Å². The maximum Gasteiger partial charge on any atom is 0.228 e. The fraction of sp³-hybridized carbons (Fsp3) is 0.909. The normalized spacial score (nSPS) is 22.9. The fourth-order valence-electron chi connectivity index (χ4n) is 1.70. The standard InChI is InChI=1S/C11H21NO3/c1-11(2,3)10(14)12-5-7-15-9(8-12)4-6-13/h9,13H,4-8H2,1-3H3. The van der Waals surface area contributed by atoms with Crippen LogP contribution in [0.1, 0.15) is 27.2 Å². The number of hydrogen-bond acceptors (Lipinski definition) is 3. The zero-order valence-corrected chi connectivity index (χ0v) is 9.82. The van der Waals surface area contributed by atoms with Gasteiger partial charge in [0.05, 0.1) is 12.7 Å². The Kier molecular flexibility index (Phi) is 4.11. The van der Waals surface area contributed by atoms with Gasteiger partial charge in [-0.05, 0) is 6.42 Å². The van der Waals surface area contributed by atoms with Gasteiger partial charge in [0.15, 0.2) is 0 Å². The summed E-state index contributed by atoms with van der Waals surface area (Å²) in [5.74, 6) is 0.161. The third-order valence-corrected chi connectivity index (χ3v) is 2.52. The quantitative estimate of drug-likeness (QED) is 0.735. The molecule has 1 fully saturated rings. The molecule has 0 bridgehead atoms. The molecule has 1 unspecified atom stereocenters. The van der Waals surface area contributed by atoms with Crippen LogP contribution in [-0.4, -0.2) is 48.3 Å². The molecule has 1 rings (SSSR count). The summed E-state index contributed by atoms with van der Waals surface area (Å²) in [6, 6.07) is 0. The van der Waals surface area contributed by atoms with E-state index in [1.54, 1.807) is 0 Å². The van der Waals surface area contributed by atoms with Crippen molar-refractivity contribution in [3.05, 3.63) is 0 Å². The van der Waals surface area contributed by atoms with Gasteiger partial charge >= 0.3 is 0 Å². The molecule has 1 amide bonds. The summed E-state index contributed by atoms with van der Waals surface area (Å²) in [5, 5.41) is 8.82.